The van der Waals surface area contributed by atoms with E-state index in [0.29, 0.717) is 23.6 Å². The molecule has 1 saturated heterocycles. The van der Waals surface area contributed by atoms with Crippen molar-refractivity contribution < 1.29 is 14.6 Å². The van der Waals surface area contributed by atoms with Gasteiger partial charge in [0.1, 0.15) is 5.75 Å². The maximum Gasteiger partial charge on any atom is 0.316 e. The number of methoxy groups -OCH3 is 1. The Bertz CT molecular complexity index is 973. The Hall–Kier alpha value is -2.33. The van der Waals surface area contributed by atoms with Gasteiger partial charge in [0.15, 0.2) is 0 Å². The smallest absolute Gasteiger partial charge is 0.316 e. The van der Waals surface area contributed by atoms with E-state index in [1.54, 1.807) is 0 Å². The molecule has 0 spiro atoms. The van der Waals surface area contributed by atoms with E-state index in [0.717, 1.165) is 37.9 Å². The summed E-state index contributed by atoms with van der Waals surface area (Å²) in [6, 6.07) is 16.5. The van der Waals surface area contributed by atoms with E-state index in [1.807, 2.05) is 30.3 Å². The SMILES string of the molecule is COC(=O)C1(c2ccccc2)CC1CN1CC[C@@]2(C)c3cc(O)ccc3C[C@H]1[C@H]2C. The van der Waals surface area contributed by atoms with Crippen LogP contribution in [0.15, 0.2) is 48.5 Å². The normalized spacial score (nSPS) is 34.8. The number of nitrogens with zero attached hydrogens (tertiary/aromatic N) is 1. The fraction of sp³-hybridized carbons (Fsp3) is 0.500. The lowest BCUT2D eigenvalue weighted by Gasteiger charge is -2.54. The standard InChI is InChI=1S/C26H31NO3/c1-17-23-13-18-9-10-21(28)14-22(18)25(17,2)11-12-27(23)16-20-15-26(20,24(29)30-3)19-7-5-4-6-8-19/h4-10,14,17,20,23,28H,11-13,15-16H2,1-3H3/t17-,20?,23+,25-,26?/m1/s1. The van der Waals surface area contributed by atoms with Crippen LogP contribution < -0.4 is 0 Å². The number of likely N-dealkylation sites (tertiary alicyclic amines) is 1. The lowest BCUT2D eigenvalue weighted by atomic mass is 9.59. The second kappa shape index (κ2) is 6.84. The third-order valence-corrected chi connectivity index (χ3v) is 8.51. The number of carbonyl (C=O) groups is 1. The number of rotatable bonds is 4. The molecule has 4 heteroatoms. The van der Waals surface area contributed by atoms with Crippen molar-refractivity contribution in [1.82, 2.24) is 4.90 Å². The molecule has 1 aliphatic heterocycles. The van der Waals surface area contributed by atoms with Crippen LogP contribution in [0.25, 0.3) is 0 Å². The Labute approximate surface area is 178 Å². The number of hydrogen-bond acceptors (Lipinski definition) is 4. The van der Waals surface area contributed by atoms with Crippen LogP contribution in [0.5, 0.6) is 5.75 Å². The molecule has 2 aliphatic carbocycles. The van der Waals surface area contributed by atoms with Crippen LogP contribution >= 0.6 is 0 Å². The van der Waals surface area contributed by atoms with E-state index < -0.39 is 5.41 Å². The van der Waals surface area contributed by atoms with E-state index in [2.05, 4.69) is 36.9 Å². The van der Waals surface area contributed by atoms with Crippen LogP contribution in [0.3, 0.4) is 0 Å². The predicted octanol–water partition coefficient (Wildman–Crippen LogP) is 4.05. The van der Waals surface area contributed by atoms with Gasteiger partial charge < -0.3 is 9.84 Å². The van der Waals surface area contributed by atoms with Gasteiger partial charge in [-0.25, -0.2) is 0 Å². The maximum atomic E-state index is 12.8. The number of esters is 1. The van der Waals surface area contributed by atoms with Crippen molar-refractivity contribution in [2.75, 3.05) is 20.2 Å². The quantitative estimate of drug-likeness (QED) is 0.780. The average Bonchev–Trinajstić information content (AvgIpc) is 3.48. The number of benzene rings is 2. The summed E-state index contributed by atoms with van der Waals surface area (Å²) in [4.78, 5) is 15.4. The number of aromatic hydroxyl groups is 1. The van der Waals surface area contributed by atoms with E-state index in [-0.39, 0.29) is 11.4 Å². The zero-order chi connectivity index (χ0) is 21.1. The third kappa shape index (κ3) is 2.73. The minimum atomic E-state index is -0.488. The van der Waals surface area contributed by atoms with Crippen molar-refractivity contribution in [1.29, 1.82) is 0 Å². The molecular formula is C26H31NO3. The van der Waals surface area contributed by atoms with Gasteiger partial charge in [-0.1, -0.05) is 50.2 Å². The molecule has 0 radical (unpaired) electrons. The average molecular weight is 406 g/mol. The highest BCUT2D eigenvalue weighted by Gasteiger charge is 2.63. The van der Waals surface area contributed by atoms with E-state index in [4.69, 9.17) is 4.74 Å². The zero-order valence-electron chi connectivity index (χ0n) is 18.1. The minimum Gasteiger partial charge on any atom is -0.508 e. The monoisotopic (exact) mass is 405 g/mol. The lowest BCUT2D eigenvalue weighted by Crippen LogP contribution is -2.58. The molecule has 4 nitrogen and oxygen atoms in total. The molecule has 0 amide bonds. The second-order valence-electron chi connectivity index (χ2n) is 9.79. The molecule has 1 N–H and O–H groups in total. The molecule has 1 heterocycles. The Morgan fingerprint density at radius 1 is 1.23 bits per heavy atom. The summed E-state index contributed by atoms with van der Waals surface area (Å²) in [5.41, 5.74) is 3.38. The van der Waals surface area contributed by atoms with Crippen LogP contribution in [-0.4, -0.2) is 42.2 Å². The van der Waals surface area contributed by atoms with E-state index in [1.165, 1.54) is 18.2 Å². The van der Waals surface area contributed by atoms with Gasteiger partial charge in [0.2, 0.25) is 0 Å². The first-order valence-electron chi connectivity index (χ1n) is 11.1. The molecule has 1 saturated carbocycles. The first kappa shape index (κ1) is 19.6. The highest BCUT2D eigenvalue weighted by molar-refractivity contribution is 5.87. The number of phenolic OH excluding ortho intramolecular Hbond substituents is 1. The van der Waals surface area contributed by atoms with Gasteiger partial charge in [-0.05, 0) is 71.9 Å². The molecule has 158 valence electrons. The van der Waals surface area contributed by atoms with Crippen LogP contribution in [0.2, 0.25) is 0 Å². The van der Waals surface area contributed by atoms with Crippen molar-refractivity contribution >= 4 is 5.97 Å². The van der Waals surface area contributed by atoms with Crippen molar-refractivity contribution in [3.05, 3.63) is 65.2 Å². The molecular weight excluding hydrogens is 374 g/mol. The van der Waals surface area contributed by atoms with Gasteiger partial charge in [-0.15, -0.1) is 0 Å². The molecule has 0 aromatic heterocycles. The number of fused-ring (bicyclic) bond motifs is 4. The molecule has 2 fully saturated rings. The molecule has 2 aromatic rings. The molecule has 3 aliphatic rings. The summed E-state index contributed by atoms with van der Waals surface area (Å²) in [5, 5.41) is 10.1. The fourth-order valence-electron chi connectivity index (χ4n) is 6.39. The molecule has 30 heavy (non-hydrogen) atoms. The van der Waals surface area contributed by atoms with Crippen LogP contribution in [0.1, 0.15) is 43.4 Å². The molecule has 5 atom stereocenters. The van der Waals surface area contributed by atoms with Gasteiger partial charge in [0.05, 0.1) is 12.5 Å². The number of piperidine rings is 1. The minimum absolute atomic E-state index is 0.0932. The molecule has 2 unspecified atom stereocenters. The summed E-state index contributed by atoms with van der Waals surface area (Å²) in [6.45, 7) is 6.69. The summed E-state index contributed by atoms with van der Waals surface area (Å²) >= 11 is 0. The topological polar surface area (TPSA) is 49.8 Å². The van der Waals surface area contributed by atoms with Crippen molar-refractivity contribution in [3.63, 3.8) is 0 Å². The summed E-state index contributed by atoms with van der Waals surface area (Å²) in [6.07, 6.45) is 2.95. The Morgan fingerprint density at radius 3 is 2.73 bits per heavy atom. The molecule has 5 rings (SSSR count). The van der Waals surface area contributed by atoms with Crippen molar-refractivity contribution in [2.45, 2.75) is 50.0 Å². The summed E-state index contributed by atoms with van der Waals surface area (Å²) in [5.74, 6) is 1.07. The number of hydrogen-bond donors (Lipinski definition) is 1. The van der Waals surface area contributed by atoms with Gasteiger partial charge in [0, 0.05) is 12.6 Å². The number of carbonyl (C=O) groups excluding carboxylic acids is 1. The van der Waals surface area contributed by atoms with Crippen molar-refractivity contribution in [2.24, 2.45) is 11.8 Å². The summed E-state index contributed by atoms with van der Waals surface area (Å²) < 4.78 is 5.25. The maximum absolute atomic E-state index is 12.8. The summed E-state index contributed by atoms with van der Waals surface area (Å²) in [7, 11) is 1.50. The van der Waals surface area contributed by atoms with Gasteiger partial charge in [-0.3, -0.25) is 9.69 Å². The van der Waals surface area contributed by atoms with Gasteiger partial charge >= 0.3 is 5.97 Å². The number of phenols is 1. The van der Waals surface area contributed by atoms with Gasteiger partial charge in [-0.2, -0.15) is 0 Å². The number of ether oxygens (including phenoxy) is 1. The highest BCUT2D eigenvalue weighted by atomic mass is 16.5. The van der Waals surface area contributed by atoms with Gasteiger partial charge in [0.25, 0.3) is 0 Å². The fourth-order valence-corrected chi connectivity index (χ4v) is 6.39. The van der Waals surface area contributed by atoms with Crippen molar-refractivity contribution in [3.8, 4) is 5.75 Å². The lowest BCUT2D eigenvalue weighted by molar-refractivity contribution is -0.144. The largest absolute Gasteiger partial charge is 0.508 e. The first-order chi connectivity index (χ1) is 14.4. The second-order valence-corrected chi connectivity index (χ2v) is 9.79. The first-order valence-corrected chi connectivity index (χ1v) is 11.1. The third-order valence-electron chi connectivity index (χ3n) is 8.51. The highest BCUT2D eigenvalue weighted by Crippen LogP contribution is 2.57. The Balaban J connectivity index is 1.41. The van der Waals surface area contributed by atoms with Crippen LogP contribution in [0.4, 0.5) is 0 Å². The molecule has 2 aromatic carbocycles. The zero-order valence-corrected chi connectivity index (χ0v) is 18.1. The predicted molar refractivity (Wildman–Crippen MR) is 117 cm³/mol. The Kier molecular flexibility index (Phi) is 4.48. The van der Waals surface area contributed by atoms with Crippen LogP contribution in [0, 0.1) is 11.8 Å². The van der Waals surface area contributed by atoms with E-state index >= 15 is 0 Å². The van der Waals surface area contributed by atoms with E-state index in [9.17, 15) is 9.90 Å². The molecule has 2 bridgehead atoms. The van der Waals surface area contributed by atoms with Crippen LogP contribution in [-0.2, 0) is 26.8 Å². The Morgan fingerprint density at radius 2 is 2.00 bits per heavy atom.